The molecule has 1 unspecified atom stereocenters. The molecular formula is C21H24F2N4O3S. The SMILES string of the molecule is Cn1cc(S(=O)(=O)NCCOc2cccc(C(CN)Cc3cc(F)cc(F)c3)c2)cn1. The minimum atomic E-state index is -3.65. The number of hydrogen-bond donors (Lipinski definition) is 2. The quantitative estimate of drug-likeness (QED) is 0.462. The van der Waals surface area contributed by atoms with E-state index in [4.69, 9.17) is 10.5 Å². The van der Waals surface area contributed by atoms with E-state index in [2.05, 4.69) is 9.82 Å². The second kappa shape index (κ2) is 9.99. The lowest BCUT2D eigenvalue weighted by molar-refractivity contribution is 0.322. The van der Waals surface area contributed by atoms with E-state index in [1.165, 1.54) is 29.2 Å². The molecule has 31 heavy (non-hydrogen) atoms. The first kappa shape index (κ1) is 22.9. The lowest BCUT2D eigenvalue weighted by Crippen LogP contribution is -2.28. The molecule has 3 N–H and O–H groups in total. The Morgan fingerprint density at radius 1 is 1.19 bits per heavy atom. The number of nitrogens with one attached hydrogen (secondary N) is 1. The second-order valence-corrected chi connectivity index (χ2v) is 8.85. The van der Waals surface area contributed by atoms with Crippen molar-refractivity contribution in [3.63, 3.8) is 0 Å². The molecule has 0 saturated carbocycles. The monoisotopic (exact) mass is 450 g/mol. The van der Waals surface area contributed by atoms with Crippen molar-refractivity contribution in [2.24, 2.45) is 12.8 Å². The van der Waals surface area contributed by atoms with E-state index < -0.39 is 21.7 Å². The molecule has 7 nitrogen and oxygen atoms in total. The zero-order valence-corrected chi connectivity index (χ0v) is 17.8. The molecule has 0 amide bonds. The molecule has 0 aliphatic heterocycles. The Kier molecular flexibility index (Phi) is 7.37. The van der Waals surface area contributed by atoms with Crippen molar-refractivity contribution in [1.29, 1.82) is 0 Å². The predicted molar refractivity (Wildman–Crippen MR) is 112 cm³/mol. The Hall–Kier alpha value is -2.82. The minimum Gasteiger partial charge on any atom is -0.492 e. The highest BCUT2D eigenvalue weighted by atomic mass is 32.2. The van der Waals surface area contributed by atoms with Gasteiger partial charge in [-0.3, -0.25) is 4.68 Å². The van der Waals surface area contributed by atoms with Crippen LogP contribution in [-0.2, 0) is 23.5 Å². The number of rotatable bonds is 10. The third kappa shape index (κ3) is 6.33. The molecule has 10 heteroatoms. The van der Waals surface area contributed by atoms with Crippen LogP contribution in [0, 0.1) is 11.6 Å². The van der Waals surface area contributed by atoms with E-state index in [1.54, 1.807) is 25.2 Å². The Balaban J connectivity index is 1.58. The number of aryl methyl sites for hydroxylation is 1. The molecule has 0 spiro atoms. The predicted octanol–water partition coefficient (Wildman–Crippen LogP) is 2.34. The third-order valence-corrected chi connectivity index (χ3v) is 6.09. The molecule has 0 bridgehead atoms. The van der Waals surface area contributed by atoms with Gasteiger partial charge in [-0.05, 0) is 48.4 Å². The Morgan fingerprint density at radius 3 is 2.58 bits per heavy atom. The summed E-state index contributed by atoms with van der Waals surface area (Å²) in [5.41, 5.74) is 7.27. The maximum atomic E-state index is 13.5. The number of halogens is 2. The van der Waals surface area contributed by atoms with Gasteiger partial charge < -0.3 is 10.5 Å². The fourth-order valence-electron chi connectivity index (χ4n) is 3.17. The van der Waals surface area contributed by atoms with Gasteiger partial charge in [0.15, 0.2) is 0 Å². The molecule has 166 valence electrons. The van der Waals surface area contributed by atoms with E-state index in [1.807, 2.05) is 6.07 Å². The molecular weight excluding hydrogens is 426 g/mol. The first-order chi connectivity index (χ1) is 14.8. The molecule has 1 aromatic heterocycles. The average Bonchev–Trinajstić information content (AvgIpc) is 3.16. The summed E-state index contributed by atoms with van der Waals surface area (Å²) >= 11 is 0. The van der Waals surface area contributed by atoms with Gasteiger partial charge in [0.1, 0.15) is 28.9 Å². The first-order valence-electron chi connectivity index (χ1n) is 9.63. The molecule has 0 aliphatic carbocycles. The summed E-state index contributed by atoms with van der Waals surface area (Å²) in [6.07, 6.45) is 3.05. The summed E-state index contributed by atoms with van der Waals surface area (Å²) in [6.45, 7) is 0.474. The maximum Gasteiger partial charge on any atom is 0.243 e. The highest BCUT2D eigenvalue weighted by Gasteiger charge is 2.16. The van der Waals surface area contributed by atoms with Gasteiger partial charge in [0.2, 0.25) is 10.0 Å². The van der Waals surface area contributed by atoms with Gasteiger partial charge in [-0.2, -0.15) is 5.10 Å². The summed E-state index contributed by atoms with van der Waals surface area (Å²) in [4.78, 5) is 0.0802. The number of benzene rings is 2. The molecule has 1 heterocycles. The summed E-state index contributed by atoms with van der Waals surface area (Å²) < 4.78 is 60.8. The van der Waals surface area contributed by atoms with E-state index in [0.717, 1.165) is 11.6 Å². The van der Waals surface area contributed by atoms with E-state index in [-0.39, 0.29) is 30.5 Å². The maximum absolute atomic E-state index is 13.5. The van der Waals surface area contributed by atoms with Crippen molar-refractivity contribution in [3.05, 3.63) is 77.6 Å². The van der Waals surface area contributed by atoms with Crippen LogP contribution in [0.3, 0.4) is 0 Å². The van der Waals surface area contributed by atoms with Crippen molar-refractivity contribution in [1.82, 2.24) is 14.5 Å². The van der Waals surface area contributed by atoms with Crippen molar-refractivity contribution in [3.8, 4) is 5.75 Å². The Bertz CT molecular complexity index is 1110. The standard InChI is InChI=1S/C21H24F2N4O3S/c1-27-14-21(13-25-27)31(28,29)26-5-6-30-20-4-2-3-16(10-20)17(12-24)7-15-8-18(22)11-19(23)9-15/h2-4,8-11,13-14,17,26H,5-7,12,24H2,1H3. The molecule has 0 fully saturated rings. The van der Waals surface area contributed by atoms with Crippen LogP contribution in [0.15, 0.2) is 59.8 Å². The molecule has 0 radical (unpaired) electrons. The normalized spacial score (nSPS) is 12.6. The number of sulfonamides is 1. The Morgan fingerprint density at radius 2 is 1.94 bits per heavy atom. The molecule has 0 saturated heterocycles. The first-order valence-corrected chi connectivity index (χ1v) is 11.1. The number of nitrogens with zero attached hydrogens (tertiary/aromatic N) is 2. The second-order valence-electron chi connectivity index (χ2n) is 7.08. The van der Waals surface area contributed by atoms with Crippen LogP contribution < -0.4 is 15.2 Å². The van der Waals surface area contributed by atoms with Crippen molar-refractivity contribution >= 4 is 10.0 Å². The van der Waals surface area contributed by atoms with Gasteiger partial charge in [0.25, 0.3) is 0 Å². The molecule has 0 aliphatic rings. The van der Waals surface area contributed by atoms with Crippen molar-refractivity contribution in [2.45, 2.75) is 17.2 Å². The molecule has 2 aromatic carbocycles. The van der Waals surface area contributed by atoms with Gasteiger partial charge in [0, 0.05) is 31.8 Å². The van der Waals surface area contributed by atoms with Crippen molar-refractivity contribution in [2.75, 3.05) is 19.7 Å². The van der Waals surface area contributed by atoms with Crippen LogP contribution in [0.5, 0.6) is 5.75 Å². The summed E-state index contributed by atoms with van der Waals surface area (Å²) in [5, 5.41) is 3.85. The number of hydrogen-bond acceptors (Lipinski definition) is 5. The van der Waals surface area contributed by atoms with E-state index >= 15 is 0 Å². The smallest absolute Gasteiger partial charge is 0.243 e. The number of ether oxygens (including phenoxy) is 1. The zero-order chi connectivity index (χ0) is 22.4. The largest absolute Gasteiger partial charge is 0.492 e. The average molecular weight is 451 g/mol. The van der Waals surface area contributed by atoms with Crippen LogP contribution in [0.2, 0.25) is 0 Å². The summed E-state index contributed by atoms with van der Waals surface area (Å²) in [6, 6.07) is 10.6. The fraction of sp³-hybridized carbons (Fsp3) is 0.286. The molecule has 3 rings (SSSR count). The Labute approximate surface area is 179 Å². The highest BCUT2D eigenvalue weighted by molar-refractivity contribution is 7.89. The summed E-state index contributed by atoms with van der Waals surface area (Å²) in [5.74, 6) is -0.871. The number of aromatic nitrogens is 2. The molecule has 1 atom stereocenters. The fourth-order valence-corrected chi connectivity index (χ4v) is 4.17. The van der Waals surface area contributed by atoms with Crippen LogP contribution in [-0.4, -0.2) is 37.9 Å². The van der Waals surface area contributed by atoms with E-state index in [9.17, 15) is 17.2 Å². The lowest BCUT2D eigenvalue weighted by Gasteiger charge is -2.17. The lowest BCUT2D eigenvalue weighted by atomic mass is 9.92. The van der Waals surface area contributed by atoms with Gasteiger partial charge in [-0.1, -0.05) is 12.1 Å². The van der Waals surface area contributed by atoms with Crippen molar-refractivity contribution < 1.29 is 21.9 Å². The van der Waals surface area contributed by atoms with Crippen LogP contribution in [0.4, 0.5) is 8.78 Å². The van der Waals surface area contributed by atoms with Gasteiger partial charge in [-0.25, -0.2) is 21.9 Å². The van der Waals surface area contributed by atoms with Gasteiger partial charge >= 0.3 is 0 Å². The minimum absolute atomic E-state index is 0.0738. The van der Waals surface area contributed by atoms with Crippen LogP contribution in [0.1, 0.15) is 17.0 Å². The van der Waals surface area contributed by atoms with Crippen LogP contribution in [0.25, 0.3) is 0 Å². The van der Waals surface area contributed by atoms with E-state index in [0.29, 0.717) is 17.7 Å². The highest BCUT2D eigenvalue weighted by Crippen LogP contribution is 2.24. The molecule has 3 aromatic rings. The number of nitrogens with two attached hydrogens (primary N) is 1. The zero-order valence-electron chi connectivity index (χ0n) is 17.0. The topological polar surface area (TPSA) is 99.2 Å². The summed E-state index contributed by atoms with van der Waals surface area (Å²) in [7, 11) is -2.02. The third-order valence-electron chi connectivity index (χ3n) is 4.67. The van der Waals surface area contributed by atoms with Gasteiger partial charge in [-0.15, -0.1) is 0 Å². The van der Waals surface area contributed by atoms with Crippen LogP contribution >= 0.6 is 0 Å². The van der Waals surface area contributed by atoms with Gasteiger partial charge in [0.05, 0.1) is 6.20 Å².